The minimum Gasteiger partial charge on any atom is -0.491 e. The molecule has 0 bridgehead atoms. The first-order valence-electron chi connectivity index (χ1n) is 8.01. The van der Waals surface area contributed by atoms with Crippen LogP contribution in [0.3, 0.4) is 0 Å². The van der Waals surface area contributed by atoms with E-state index in [1.165, 1.54) is 0 Å². The van der Waals surface area contributed by atoms with Crippen molar-refractivity contribution in [2.45, 2.75) is 45.8 Å². The number of β-amino-alcohol motifs (C(OH)–C–C–N with tert-alkyl or cyclic N) is 1. The van der Waals surface area contributed by atoms with Gasteiger partial charge in [0, 0.05) is 24.3 Å². The minimum absolute atomic E-state index is 0.0351. The Morgan fingerprint density at radius 2 is 1.91 bits per heavy atom. The summed E-state index contributed by atoms with van der Waals surface area (Å²) < 4.78 is 5.54. The van der Waals surface area contributed by atoms with Crippen LogP contribution >= 0.6 is 0 Å². The van der Waals surface area contributed by atoms with Crippen molar-refractivity contribution in [1.82, 2.24) is 10.6 Å². The summed E-state index contributed by atoms with van der Waals surface area (Å²) in [6.45, 7) is 9.47. The smallest absolute Gasteiger partial charge is 0.319 e. The third kappa shape index (κ3) is 9.05. The van der Waals surface area contributed by atoms with Crippen LogP contribution in [0.2, 0.25) is 0 Å². The van der Waals surface area contributed by atoms with Crippen LogP contribution in [0, 0.1) is 0 Å². The van der Waals surface area contributed by atoms with Gasteiger partial charge in [-0.05, 0) is 51.5 Å². The normalized spacial score (nSPS) is 12.6. The van der Waals surface area contributed by atoms with E-state index in [9.17, 15) is 9.90 Å². The highest BCUT2D eigenvalue weighted by Gasteiger charge is 2.12. The Bertz CT molecular complexity index is 469. The van der Waals surface area contributed by atoms with Crippen molar-refractivity contribution >= 4 is 11.7 Å². The van der Waals surface area contributed by atoms with E-state index in [1.54, 1.807) is 24.3 Å². The molecule has 6 nitrogen and oxygen atoms in total. The largest absolute Gasteiger partial charge is 0.491 e. The van der Waals surface area contributed by atoms with E-state index in [0.29, 0.717) is 24.5 Å². The zero-order chi connectivity index (χ0) is 17.3. The lowest BCUT2D eigenvalue weighted by atomic mass is 10.1. The first-order valence-corrected chi connectivity index (χ1v) is 8.01. The van der Waals surface area contributed by atoms with E-state index < -0.39 is 6.10 Å². The first kappa shape index (κ1) is 19.3. The van der Waals surface area contributed by atoms with E-state index in [0.717, 1.165) is 6.42 Å². The van der Waals surface area contributed by atoms with E-state index >= 15 is 0 Å². The molecule has 6 heteroatoms. The maximum absolute atomic E-state index is 11.5. The van der Waals surface area contributed by atoms with Crippen LogP contribution < -0.4 is 20.7 Å². The lowest BCUT2D eigenvalue weighted by Crippen LogP contribution is -2.42. The van der Waals surface area contributed by atoms with Gasteiger partial charge >= 0.3 is 6.03 Å². The summed E-state index contributed by atoms with van der Waals surface area (Å²) in [5, 5.41) is 18.6. The Morgan fingerprint density at radius 3 is 2.48 bits per heavy atom. The molecule has 0 aromatic heterocycles. The molecule has 1 atom stereocenters. The molecular weight excluding hydrogens is 294 g/mol. The van der Waals surface area contributed by atoms with Gasteiger partial charge in [0.25, 0.3) is 0 Å². The molecule has 130 valence electrons. The van der Waals surface area contributed by atoms with E-state index in [-0.39, 0.29) is 18.2 Å². The van der Waals surface area contributed by atoms with Crippen LogP contribution in [0.5, 0.6) is 5.75 Å². The number of carbonyl (C=O) groups excluding carboxylic acids is 1. The summed E-state index contributed by atoms with van der Waals surface area (Å²) in [5.74, 6) is 0.652. The number of hydrogen-bond donors (Lipinski definition) is 4. The maximum Gasteiger partial charge on any atom is 0.319 e. The zero-order valence-electron chi connectivity index (χ0n) is 14.5. The molecule has 0 aliphatic carbocycles. The fourth-order valence-corrected chi connectivity index (χ4v) is 1.72. The molecule has 2 amide bonds. The molecule has 1 aromatic rings. The molecule has 0 saturated heterocycles. The van der Waals surface area contributed by atoms with Gasteiger partial charge in [-0.3, -0.25) is 0 Å². The highest BCUT2D eigenvalue weighted by molar-refractivity contribution is 5.89. The Labute approximate surface area is 138 Å². The summed E-state index contributed by atoms with van der Waals surface area (Å²) in [4.78, 5) is 11.5. The number of amides is 2. The molecule has 0 aliphatic heterocycles. The highest BCUT2D eigenvalue weighted by atomic mass is 16.5. The molecule has 0 fully saturated rings. The van der Waals surface area contributed by atoms with Crippen LogP contribution in [0.15, 0.2) is 24.3 Å². The molecule has 0 radical (unpaired) electrons. The van der Waals surface area contributed by atoms with Crippen molar-refractivity contribution in [2.24, 2.45) is 0 Å². The van der Waals surface area contributed by atoms with Gasteiger partial charge < -0.3 is 25.8 Å². The SMILES string of the molecule is CCCNC(=O)Nc1ccc(OC[C@@H](O)CNC(C)(C)C)cc1. The monoisotopic (exact) mass is 323 g/mol. The number of aliphatic hydroxyl groups excluding tert-OH is 1. The first-order chi connectivity index (χ1) is 10.8. The number of aliphatic hydroxyl groups is 1. The second kappa shape index (κ2) is 9.37. The van der Waals surface area contributed by atoms with Gasteiger partial charge in [0.2, 0.25) is 0 Å². The molecule has 23 heavy (non-hydrogen) atoms. The van der Waals surface area contributed by atoms with Crippen molar-refractivity contribution in [3.63, 3.8) is 0 Å². The number of ether oxygens (including phenoxy) is 1. The number of nitrogens with one attached hydrogen (secondary N) is 3. The lowest BCUT2D eigenvalue weighted by Gasteiger charge is -2.23. The average Bonchev–Trinajstić information content (AvgIpc) is 2.49. The maximum atomic E-state index is 11.5. The Kier molecular flexibility index (Phi) is 7.85. The van der Waals surface area contributed by atoms with Crippen LogP contribution in [0.1, 0.15) is 34.1 Å². The molecule has 0 unspecified atom stereocenters. The summed E-state index contributed by atoms with van der Waals surface area (Å²) in [6, 6.07) is 6.84. The predicted molar refractivity (Wildman–Crippen MR) is 93.0 cm³/mol. The standard InChI is InChI=1S/C17H29N3O3/c1-5-10-18-16(22)20-13-6-8-15(9-7-13)23-12-14(21)11-19-17(2,3)4/h6-9,14,19,21H,5,10-12H2,1-4H3,(H2,18,20,22)/t14-/m0/s1. The molecular formula is C17H29N3O3. The number of hydrogen-bond acceptors (Lipinski definition) is 4. The molecule has 0 spiro atoms. The van der Waals surface area contributed by atoms with Gasteiger partial charge in [-0.1, -0.05) is 6.92 Å². The zero-order valence-corrected chi connectivity index (χ0v) is 14.5. The quantitative estimate of drug-likeness (QED) is 0.592. The van der Waals surface area contributed by atoms with Gasteiger partial charge in [-0.15, -0.1) is 0 Å². The summed E-state index contributed by atoms with van der Waals surface area (Å²) >= 11 is 0. The Balaban J connectivity index is 2.35. The lowest BCUT2D eigenvalue weighted by molar-refractivity contribution is 0.100. The van der Waals surface area contributed by atoms with Crippen molar-refractivity contribution in [3.05, 3.63) is 24.3 Å². The van der Waals surface area contributed by atoms with E-state index in [4.69, 9.17) is 4.74 Å². The number of rotatable bonds is 8. The van der Waals surface area contributed by atoms with Gasteiger partial charge in [0.1, 0.15) is 18.5 Å². The summed E-state index contributed by atoms with van der Waals surface area (Å²) in [6.07, 6.45) is 0.318. The summed E-state index contributed by atoms with van der Waals surface area (Å²) in [7, 11) is 0. The van der Waals surface area contributed by atoms with Gasteiger partial charge in [-0.25, -0.2) is 4.79 Å². The number of benzene rings is 1. The Morgan fingerprint density at radius 1 is 1.26 bits per heavy atom. The van der Waals surface area contributed by atoms with Crippen LogP contribution in [-0.2, 0) is 0 Å². The molecule has 0 aliphatic rings. The van der Waals surface area contributed by atoms with Crippen LogP contribution in [-0.4, -0.2) is 42.5 Å². The Hall–Kier alpha value is -1.79. The second-order valence-corrected chi connectivity index (χ2v) is 6.50. The molecule has 1 rings (SSSR count). The third-order valence-corrected chi connectivity index (χ3v) is 2.96. The molecule has 0 heterocycles. The number of carbonyl (C=O) groups is 1. The van der Waals surface area contributed by atoms with Crippen molar-refractivity contribution in [2.75, 3.05) is 25.0 Å². The van der Waals surface area contributed by atoms with Gasteiger partial charge in [0.15, 0.2) is 0 Å². The fourth-order valence-electron chi connectivity index (χ4n) is 1.72. The molecule has 4 N–H and O–H groups in total. The average molecular weight is 323 g/mol. The number of anilines is 1. The third-order valence-electron chi connectivity index (χ3n) is 2.96. The van der Waals surface area contributed by atoms with Crippen LogP contribution in [0.25, 0.3) is 0 Å². The molecule has 0 saturated carbocycles. The van der Waals surface area contributed by atoms with Crippen molar-refractivity contribution in [1.29, 1.82) is 0 Å². The van der Waals surface area contributed by atoms with E-state index in [2.05, 4.69) is 16.0 Å². The van der Waals surface area contributed by atoms with E-state index in [1.807, 2.05) is 27.7 Å². The summed E-state index contributed by atoms with van der Waals surface area (Å²) in [5.41, 5.74) is 0.660. The highest BCUT2D eigenvalue weighted by Crippen LogP contribution is 2.15. The minimum atomic E-state index is -0.577. The topological polar surface area (TPSA) is 82.6 Å². The second-order valence-electron chi connectivity index (χ2n) is 6.50. The van der Waals surface area contributed by atoms with Crippen molar-refractivity contribution < 1.29 is 14.6 Å². The predicted octanol–water partition coefficient (Wildman–Crippen LogP) is 2.35. The number of urea groups is 1. The van der Waals surface area contributed by atoms with Crippen molar-refractivity contribution in [3.8, 4) is 5.75 Å². The molecule has 1 aromatic carbocycles. The fraction of sp³-hybridized carbons (Fsp3) is 0.588. The van der Waals surface area contributed by atoms with Gasteiger partial charge in [0.05, 0.1) is 0 Å². The van der Waals surface area contributed by atoms with Gasteiger partial charge in [-0.2, -0.15) is 0 Å². The van der Waals surface area contributed by atoms with Crippen LogP contribution in [0.4, 0.5) is 10.5 Å².